The molecular weight excluding hydrogens is 388 g/mol. The second-order valence-electron chi connectivity index (χ2n) is 6.24. The number of esters is 1. The summed E-state index contributed by atoms with van der Waals surface area (Å²) >= 11 is 6.94. The number of thiocarbonyl (C=S) groups is 1. The van der Waals surface area contributed by atoms with E-state index in [4.69, 9.17) is 17.0 Å². The van der Waals surface area contributed by atoms with Gasteiger partial charge in [0.2, 0.25) is 0 Å². The van der Waals surface area contributed by atoms with Gasteiger partial charge in [0.05, 0.1) is 12.7 Å². The first-order chi connectivity index (χ1) is 13.6. The molecule has 3 rings (SSSR count). The highest BCUT2D eigenvalue weighted by Gasteiger charge is 2.18. The average molecular weight is 411 g/mol. The Hall–Kier alpha value is -2.70. The van der Waals surface area contributed by atoms with E-state index in [1.807, 2.05) is 36.4 Å². The van der Waals surface area contributed by atoms with E-state index < -0.39 is 0 Å². The lowest BCUT2D eigenvalue weighted by Crippen LogP contribution is -2.19. The molecule has 0 spiro atoms. The number of ether oxygens (including phenoxy) is 1. The lowest BCUT2D eigenvalue weighted by Gasteiger charge is -2.10. The highest BCUT2D eigenvalue weighted by atomic mass is 32.1. The third-order valence-electron chi connectivity index (χ3n) is 4.26. The van der Waals surface area contributed by atoms with Crippen LogP contribution in [0.1, 0.15) is 33.3 Å². The Bertz CT molecular complexity index is 950. The largest absolute Gasteiger partial charge is 0.465 e. The van der Waals surface area contributed by atoms with Gasteiger partial charge in [-0.1, -0.05) is 49.4 Å². The van der Waals surface area contributed by atoms with Crippen LogP contribution in [0.4, 0.5) is 10.7 Å². The molecule has 1 aromatic heterocycles. The van der Waals surface area contributed by atoms with Gasteiger partial charge in [0.25, 0.3) is 0 Å². The highest BCUT2D eigenvalue weighted by Crippen LogP contribution is 2.30. The molecule has 0 amide bonds. The number of benzene rings is 2. The molecule has 0 bridgehead atoms. The van der Waals surface area contributed by atoms with Gasteiger partial charge in [0.1, 0.15) is 5.00 Å². The van der Waals surface area contributed by atoms with Crippen LogP contribution in [0.15, 0.2) is 60.7 Å². The van der Waals surface area contributed by atoms with E-state index in [0.717, 1.165) is 23.4 Å². The maximum atomic E-state index is 12.2. The fraction of sp³-hybridized carbons (Fsp3) is 0.182. The van der Waals surface area contributed by atoms with E-state index >= 15 is 0 Å². The van der Waals surface area contributed by atoms with Gasteiger partial charge in [-0.15, -0.1) is 11.3 Å². The van der Waals surface area contributed by atoms with Crippen LogP contribution in [0.3, 0.4) is 0 Å². The highest BCUT2D eigenvalue weighted by molar-refractivity contribution is 7.80. The van der Waals surface area contributed by atoms with Crippen molar-refractivity contribution in [3.63, 3.8) is 0 Å². The Kier molecular flexibility index (Phi) is 6.79. The molecule has 144 valence electrons. The third-order valence-corrected chi connectivity index (χ3v) is 5.51. The molecule has 28 heavy (non-hydrogen) atoms. The van der Waals surface area contributed by atoms with Gasteiger partial charge in [0, 0.05) is 17.0 Å². The zero-order valence-electron chi connectivity index (χ0n) is 15.8. The second-order valence-corrected chi connectivity index (χ2v) is 7.78. The first-order valence-electron chi connectivity index (χ1n) is 9.01. The maximum Gasteiger partial charge on any atom is 0.340 e. The number of carbonyl (C=O) groups excluding carboxylic acids is 1. The van der Waals surface area contributed by atoms with Crippen molar-refractivity contribution in [2.45, 2.75) is 19.8 Å². The van der Waals surface area contributed by atoms with E-state index in [-0.39, 0.29) is 5.97 Å². The number of rotatable bonds is 6. The minimum Gasteiger partial charge on any atom is -0.465 e. The first kappa shape index (κ1) is 20.0. The summed E-state index contributed by atoms with van der Waals surface area (Å²) in [5, 5.41) is 7.42. The zero-order chi connectivity index (χ0) is 19.9. The molecule has 0 aliphatic rings. The number of thiophene rings is 1. The standard InChI is InChI=1S/C22H22N2O2S2/c1-3-15-9-11-17(12-10-15)23-22(27)24-20-19(21(25)26-2)14-18(28-20)13-16-7-5-4-6-8-16/h4-12,14H,3,13H2,1-2H3,(H2,23,24,27). The Balaban J connectivity index is 1.75. The number of methoxy groups -OCH3 is 1. The van der Waals surface area contributed by atoms with E-state index in [9.17, 15) is 4.79 Å². The van der Waals surface area contributed by atoms with Crippen molar-refractivity contribution in [3.8, 4) is 0 Å². The van der Waals surface area contributed by atoms with Crippen molar-refractivity contribution in [1.29, 1.82) is 0 Å². The van der Waals surface area contributed by atoms with Gasteiger partial charge in [0.15, 0.2) is 5.11 Å². The van der Waals surface area contributed by atoms with Crippen molar-refractivity contribution >= 4 is 45.3 Å². The van der Waals surface area contributed by atoms with Crippen molar-refractivity contribution in [1.82, 2.24) is 0 Å². The second kappa shape index (κ2) is 9.48. The molecule has 0 saturated carbocycles. The molecule has 0 atom stereocenters. The molecule has 1 heterocycles. The quantitative estimate of drug-likeness (QED) is 0.415. The fourth-order valence-corrected chi connectivity index (χ4v) is 4.14. The minimum absolute atomic E-state index is 0.381. The molecule has 4 nitrogen and oxygen atoms in total. The topological polar surface area (TPSA) is 50.4 Å². The number of hydrogen-bond donors (Lipinski definition) is 2. The van der Waals surface area contributed by atoms with Crippen LogP contribution in [0.2, 0.25) is 0 Å². The summed E-state index contributed by atoms with van der Waals surface area (Å²) in [6.07, 6.45) is 1.74. The molecule has 2 aromatic carbocycles. The molecule has 0 saturated heterocycles. The van der Waals surface area contributed by atoms with Crippen LogP contribution < -0.4 is 10.6 Å². The van der Waals surface area contributed by atoms with Crippen molar-refractivity contribution < 1.29 is 9.53 Å². The smallest absolute Gasteiger partial charge is 0.340 e. The lowest BCUT2D eigenvalue weighted by atomic mass is 10.1. The summed E-state index contributed by atoms with van der Waals surface area (Å²) in [4.78, 5) is 13.3. The molecule has 0 aliphatic carbocycles. The van der Waals surface area contributed by atoms with Gasteiger partial charge < -0.3 is 15.4 Å². The summed E-state index contributed by atoms with van der Waals surface area (Å²) in [5.74, 6) is -0.381. The maximum absolute atomic E-state index is 12.2. The Labute approximate surface area is 174 Å². The molecule has 0 fully saturated rings. The summed E-state index contributed by atoms with van der Waals surface area (Å²) in [7, 11) is 1.38. The predicted molar refractivity (Wildman–Crippen MR) is 121 cm³/mol. The van der Waals surface area contributed by atoms with Gasteiger partial charge >= 0.3 is 5.97 Å². The summed E-state index contributed by atoms with van der Waals surface area (Å²) in [5.41, 5.74) is 3.84. The molecule has 0 radical (unpaired) electrons. The van der Waals surface area contributed by atoms with E-state index in [1.165, 1.54) is 29.6 Å². The molecule has 2 N–H and O–H groups in total. The molecular formula is C22H22N2O2S2. The summed E-state index contributed by atoms with van der Waals surface area (Å²) < 4.78 is 4.93. The Morgan fingerprint density at radius 1 is 1.04 bits per heavy atom. The number of anilines is 2. The number of hydrogen-bond acceptors (Lipinski definition) is 4. The third kappa shape index (κ3) is 5.18. The monoisotopic (exact) mass is 410 g/mol. The SMILES string of the molecule is CCc1ccc(NC(=S)Nc2sc(Cc3ccccc3)cc2C(=O)OC)cc1. The van der Waals surface area contributed by atoms with Crippen LogP contribution in [-0.4, -0.2) is 18.2 Å². The van der Waals surface area contributed by atoms with Crippen LogP contribution in [0, 0.1) is 0 Å². The van der Waals surface area contributed by atoms with E-state index in [1.54, 1.807) is 0 Å². The molecule has 3 aromatic rings. The van der Waals surface area contributed by atoms with Crippen LogP contribution >= 0.6 is 23.6 Å². The molecule has 0 unspecified atom stereocenters. The normalized spacial score (nSPS) is 10.4. The van der Waals surface area contributed by atoms with Crippen molar-refractivity contribution in [3.05, 3.63) is 82.2 Å². The first-order valence-corrected chi connectivity index (χ1v) is 10.2. The van der Waals surface area contributed by atoms with Gasteiger partial charge in [-0.05, 0) is 48.0 Å². The fourth-order valence-electron chi connectivity index (χ4n) is 2.77. The van der Waals surface area contributed by atoms with Crippen molar-refractivity contribution in [2.24, 2.45) is 0 Å². The number of aryl methyl sites for hydroxylation is 1. The summed E-state index contributed by atoms with van der Waals surface area (Å²) in [6.45, 7) is 2.12. The summed E-state index contributed by atoms with van der Waals surface area (Å²) in [6, 6.07) is 20.1. The molecule has 0 aliphatic heterocycles. The van der Waals surface area contributed by atoms with E-state index in [0.29, 0.717) is 15.7 Å². The minimum atomic E-state index is -0.381. The van der Waals surface area contributed by atoms with Gasteiger partial charge in [-0.25, -0.2) is 4.79 Å². The van der Waals surface area contributed by atoms with Crippen molar-refractivity contribution in [2.75, 3.05) is 17.7 Å². The van der Waals surface area contributed by atoms with Gasteiger partial charge in [-0.3, -0.25) is 0 Å². The molecule has 6 heteroatoms. The van der Waals surface area contributed by atoms with Crippen LogP contribution in [0.25, 0.3) is 0 Å². The number of nitrogens with one attached hydrogen (secondary N) is 2. The predicted octanol–water partition coefficient (Wildman–Crippen LogP) is 5.50. The van der Waals surface area contributed by atoms with Crippen LogP contribution in [0.5, 0.6) is 0 Å². The van der Waals surface area contributed by atoms with Crippen LogP contribution in [-0.2, 0) is 17.6 Å². The average Bonchev–Trinajstić information content (AvgIpc) is 3.10. The number of carbonyl (C=O) groups is 1. The van der Waals surface area contributed by atoms with Gasteiger partial charge in [-0.2, -0.15) is 0 Å². The zero-order valence-corrected chi connectivity index (χ0v) is 17.5. The Morgan fingerprint density at radius 2 is 1.75 bits per heavy atom. The lowest BCUT2D eigenvalue weighted by molar-refractivity contribution is 0.0602. The van der Waals surface area contributed by atoms with E-state index in [2.05, 4.69) is 41.8 Å². The Morgan fingerprint density at radius 3 is 2.39 bits per heavy atom.